The molecule has 1 N–H and O–H groups in total. The first-order chi connectivity index (χ1) is 8.76. The van der Waals surface area contributed by atoms with Gasteiger partial charge in [-0.15, -0.1) is 0 Å². The molecule has 1 fully saturated rings. The van der Waals surface area contributed by atoms with Crippen LogP contribution in [-0.2, 0) is 4.74 Å². The van der Waals surface area contributed by atoms with E-state index in [0.29, 0.717) is 18.2 Å². The van der Waals surface area contributed by atoms with E-state index in [1.54, 1.807) is 0 Å². The van der Waals surface area contributed by atoms with Crippen molar-refractivity contribution >= 4 is 0 Å². The van der Waals surface area contributed by atoms with E-state index >= 15 is 0 Å². The van der Waals surface area contributed by atoms with Crippen LogP contribution in [0.3, 0.4) is 0 Å². The fourth-order valence-corrected chi connectivity index (χ4v) is 3.00. The summed E-state index contributed by atoms with van der Waals surface area (Å²) in [5.41, 5.74) is 0. The second-order valence-electron chi connectivity index (χ2n) is 5.84. The van der Waals surface area contributed by atoms with Crippen LogP contribution in [-0.4, -0.2) is 24.8 Å². The summed E-state index contributed by atoms with van der Waals surface area (Å²) in [6.45, 7) is 7.80. The summed E-state index contributed by atoms with van der Waals surface area (Å²) >= 11 is 0. The lowest BCUT2D eigenvalue weighted by atomic mass is 9.92. The summed E-state index contributed by atoms with van der Waals surface area (Å²) in [4.78, 5) is 0. The lowest BCUT2D eigenvalue weighted by molar-refractivity contribution is -0.0309. The lowest BCUT2D eigenvalue weighted by Crippen LogP contribution is -2.37. The molecule has 1 saturated carbocycles. The summed E-state index contributed by atoms with van der Waals surface area (Å²) in [6.07, 6.45) is 12.7. The fourth-order valence-electron chi connectivity index (χ4n) is 3.00. The van der Waals surface area contributed by atoms with E-state index in [4.69, 9.17) is 4.74 Å². The molecule has 0 radical (unpaired) electrons. The van der Waals surface area contributed by atoms with E-state index in [1.807, 2.05) is 0 Å². The quantitative estimate of drug-likeness (QED) is 0.621. The number of ether oxygens (including phenoxy) is 1. The van der Waals surface area contributed by atoms with Crippen LogP contribution < -0.4 is 5.32 Å². The molecule has 1 aliphatic carbocycles. The van der Waals surface area contributed by atoms with Gasteiger partial charge in [0, 0.05) is 6.04 Å². The second kappa shape index (κ2) is 9.80. The third kappa shape index (κ3) is 6.75. The smallest absolute Gasteiger partial charge is 0.0593 e. The molecule has 0 aromatic carbocycles. The van der Waals surface area contributed by atoms with Gasteiger partial charge in [0.25, 0.3) is 0 Å². The molecule has 3 atom stereocenters. The molecule has 0 aromatic heterocycles. The highest BCUT2D eigenvalue weighted by Gasteiger charge is 2.23. The average molecular weight is 255 g/mol. The minimum absolute atomic E-state index is 0.451. The predicted octanol–water partition coefficient (Wildman–Crippen LogP) is 4.28. The van der Waals surface area contributed by atoms with Crippen LogP contribution in [0.5, 0.6) is 0 Å². The second-order valence-corrected chi connectivity index (χ2v) is 5.84. The zero-order chi connectivity index (χ0) is 13.2. The van der Waals surface area contributed by atoms with Gasteiger partial charge in [0.1, 0.15) is 0 Å². The number of rotatable bonds is 9. The van der Waals surface area contributed by atoms with Crippen LogP contribution >= 0.6 is 0 Å². The van der Waals surface area contributed by atoms with Crippen LogP contribution in [0, 0.1) is 0 Å². The summed E-state index contributed by atoms with van der Waals surface area (Å²) in [7, 11) is 0. The number of nitrogens with one attached hydrogen (secondary N) is 1. The minimum Gasteiger partial charge on any atom is -0.375 e. The highest BCUT2D eigenvalue weighted by molar-refractivity contribution is 4.78. The van der Waals surface area contributed by atoms with E-state index in [1.165, 1.54) is 57.8 Å². The molecule has 0 aromatic rings. The molecule has 0 bridgehead atoms. The molecule has 2 nitrogen and oxygen atoms in total. The van der Waals surface area contributed by atoms with Gasteiger partial charge in [0.15, 0.2) is 0 Å². The normalized spacial score (nSPS) is 26.2. The van der Waals surface area contributed by atoms with Crippen LogP contribution in [0.4, 0.5) is 0 Å². The van der Waals surface area contributed by atoms with Crippen molar-refractivity contribution in [2.45, 2.75) is 96.8 Å². The monoisotopic (exact) mass is 255 g/mol. The molecule has 1 aliphatic rings. The standard InChI is InChI=1S/C16H33NO/c1-4-6-7-8-10-14(3)18-16-12-9-11-15(13-16)17-5-2/h14-17H,4-13H2,1-3H3. The first-order valence-corrected chi connectivity index (χ1v) is 8.15. The number of hydrogen-bond acceptors (Lipinski definition) is 2. The molecular formula is C16H33NO. The zero-order valence-electron chi connectivity index (χ0n) is 12.7. The van der Waals surface area contributed by atoms with Crippen LogP contribution in [0.2, 0.25) is 0 Å². The van der Waals surface area contributed by atoms with Crippen LogP contribution in [0.15, 0.2) is 0 Å². The number of unbranched alkanes of at least 4 members (excludes halogenated alkanes) is 3. The van der Waals surface area contributed by atoms with Gasteiger partial charge in [-0.1, -0.05) is 39.5 Å². The maximum Gasteiger partial charge on any atom is 0.0593 e. The molecule has 0 amide bonds. The largest absolute Gasteiger partial charge is 0.375 e. The van der Waals surface area contributed by atoms with Gasteiger partial charge in [-0.2, -0.15) is 0 Å². The maximum absolute atomic E-state index is 6.21. The molecule has 1 rings (SSSR count). The van der Waals surface area contributed by atoms with Crippen molar-refractivity contribution in [2.75, 3.05) is 6.54 Å². The maximum atomic E-state index is 6.21. The van der Waals surface area contributed by atoms with Crippen molar-refractivity contribution in [1.29, 1.82) is 0 Å². The number of hydrogen-bond donors (Lipinski definition) is 1. The summed E-state index contributed by atoms with van der Waals surface area (Å²) in [6, 6.07) is 0.695. The molecule has 108 valence electrons. The Morgan fingerprint density at radius 3 is 2.72 bits per heavy atom. The molecule has 0 saturated heterocycles. The molecule has 2 heteroatoms. The molecule has 3 unspecified atom stereocenters. The molecule has 0 spiro atoms. The molecule has 0 aliphatic heterocycles. The Hall–Kier alpha value is -0.0800. The van der Waals surface area contributed by atoms with E-state index in [2.05, 4.69) is 26.1 Å². The Bertz CT molecular complexity index is 194. The Balaban J connectivity index is 2.12. The van der Waals surface area contributed by atoms with Crippen molar-refractivity contribution in [3.63, 3.8) is 0 Å². The van der Waals surface area contributed by atoms with Crippen molar-refractivity contribution in [1.82, 2.24) is 5.32 Å². The van der Waals surface area contributed by atoms with Gasteiger partial charge >= 0.3 is 0 Å². The van der Waals surface area contributed by atoms with Gasteiger partial charge < -0.3 is 10.1 Å². The SMILES string of the molecule is CCCCCCC(C)OC1CCCC(NCC)C1. The fraction of sp³-hybridized carbons (Fsp3) is 1.00. The lowest BCUT2D eigenvalue weighted by Gasteiger charge is -2.31. The first-order valence-electron chi connectivity index (χ1n) is 8.15. The molecular weight excluding hydrogens is 222 g/mol. The highest BCUT2D eigenvalue weighted by Crippen LogP contribution is 2.23. The van der Waals surface area contributed by atoms with Gasteiger partial charge in [-0.3, -0.25) is 0 Å². The Morgan fingerprint density at radius 1 is 1.17 bits per heavy atom. The first kappa shape index (κ1) is 16.0. The Morgan fingerprint density at radius 2 is 2.00 bits per heavy atom. The van der Waals surface area contributed by atoms with Gasteiger partial charge in [0.05, 0.1) is 12.2 Å². The van der Waals surface area contributed by atoms with Gasteiger partial charge in [-0.05, 0) is 45.6 Å². The van der Waals surface area contributed by atoms with Gasteiger partial charge in [0.2, 0.25) is 0 Å². The van der Waals surface area contributed by atoms with Crippen molar-refractivity contribution in [3.8, 4) is 0 Å². The topological polar surface area (TPSA) is 21.3 Å². The molecule has 0 heterocycles. The minimum atomic E-state index is 0.451. The van der Waals surface area contributed by atoms with E-state index < -0.39 is 0 Å². The molecule has 18 heavy (non-hydrogen) atoms. The third-order valence-corrected chi connectivity index (χ3v) is 4.01. The zero-order valence-corrected chi connectivity index (χ0v) is 12.7. The van der Waals surface area contributed by atoms with Crippen molar-refractivity contribution < 1.29 is 4.74 Å². The van der Waals surface area contributed by atoms with E-state index in [9.17, 15) is 0 Å². The average Bonchev–Trinajstić information content (AvgIpc) is 2.35. The van der Waals surface area contributed by atoms with Crippen molar-refractivity contribution in [2.24, 2.45) is 0 Å². The highest BCUT2D eigenvalue weighted by atomic mass is 16.5. The predicted molar refractivity (Wildman–Crippen MR) is 79.0 cm³/mol. The summed E-state index contributed by atoms with van der Waals surface area (Å²) < 4.78 is 6.21. The summed E-state index contributed by atoms with van der Waals surface area (Å²) in [5, 5.41) is 3.57. The van der Waals surface area contributed by atoms with Crippen LogP contribution in [0.25, 0.3) is 0 Å². The third-order valence-electron chi connectivity index (χ3n) is 4.01. The van der Waals surface area contributed by atoms with E-state index in [-0.39, 0.29) is 0 Å². The Labute approximate surface area is 114 Å². The van der Waals surface area contributed by atoms with Gasteiger partial charge in [-0.25, -0.2) is 0 Å². The van der Waals surface area contributed by atoms with E-state index in [0.717, 1.165) is 6.54 Å². The van der Waals surface area contributed by atoms with Crippen LogP contribution in [0.1, 0.15) is 78.6 Å². The Kier molecular flexibility index (Phi) is 8.70. The van der Waals surface area contributed by atoms with Crippen molar-refractivity contribution in [3.05, 3.63) is 0 Å². The summed E-state index contributed by atoms with van der Waals surface area (Å²) in [5.74, 6) is 0.